The van der Waals surface area contributed by atoms with Crippen molar-refractivity contribution >= 4 is 64.0 Å². The van der Waals surface area contributed by atoms with Gasteiger partial charge in [0.25, 0.3) is 11.8 Å². The van der Waals surface area contributed by atoms with Crippen molar-refractivity contribution in [3.8, 4) is 0 Å². The van der Waals surface area contributed by atoms with Gasteiger partial charge in [-0.2, -0.15) is 0 Å². The van der Waals surface area contributed by atoms with Crippen LogP contribution in [0.1, 0.15) is 20.7 Å². The maximum absolute atomic E-state index is 12.4. The van der Waals surface area contributed by atoms with Crippen molar-refractivity contribution < 1.29 is 28.7 Å². The number of fused-ring (bicyclic) bond motifs is 2. The number of amides is 4. The molecule has 134 valence electrons. The van der Waals surface area contributed by atoms with E-state index in [1.165, 1.54) is 12.1 Å². The smallest absolute Gasteiger partial charge is 0.340 e. The van der Waals surface area contributed by atoms with Crippen LogP contribution in [0.5, 0.6) is 0 Å². The van der Waals surface area contributed by atoms with Crippen LogP contribution in [0.25, 0.3) is 11.2 Å². The first-order valence-electron chi connectivity index (χ1n) is 7.31. The molecular weight excluding hydrogens is 380 g/mol. The van der Waals surface area contributed by atoms with E-state index in [2.05, 4.69) is 23.2 Å². The molecule has 1 aliphatic rings. The van der Waals surface area contributed by atoms with Gasteiger partial charge in [0, 0.05) is 13.1 Å². The van der Waals surface area contributed by atoms with Crippen LogP contribution in [0.4, 0.5) is 4.79 Å². The fourth-order valence-electron chi connectivity index (χ4n) is 2.68. The Kier molecular flexibility index (Phi) is 4.52. The van der Waals surface area contributed by atoms with Gasteiger partial charge in [-0.1, -0.05) is 29.0 Å². The molecule has 0 unspecified atom stereocenters. The van der Waals surface area contributed by atoms with Crippen molar-refractivity contribution in [2.45, 2.75) is 5.02 Å². The Balaban J connectivity index is 1.68. The maximum Gasteiger partial charge on any atom is 0.340 e. The number of imide groups is 1. The molecule has 0 saturated carbocycles. The molecule has 11 heteroatoms. The molecule has 0 spiro atoms. The summed E-state index contributed by atoms with van der Waals surface area (Å²) in [6.45, 7) is -0.111. The highest BCUT2D eigenvalue weighted by Crippen LogP contribution is 2.37. The maximum atomic E-state index is 12.4. The molecule has 9 nitrogen and oxygen atoms in total. The lowest BCUT2D eigenvalue weighted by atomic mass is 10.1. The topological polar surface area (TPSA) is 129 Å². The van der Waals surface area contributed by atoms with Crippen LogP contribution < -0.4 is 10.6 Å². The lowest BCUT2D eigenvalue weighted by Gasteiger charge is -2.16. The second-order valence-corrected chi connectivity index (χ2v) is 7.68. The molecule has 0 atom stereocenters. The van der Waals surface area contributed by atoms with Crippen LogP contribution in [0, 0.1) is 0 Å². The molecule has 0 aromatic carbocycles. The first kappa shape index (κ1) is 18.0. The fourth-order valence-corrected chi connectivity index (χ4v) is 3.94. The number of carbonyl (C=O) groups is 4. The van der Waals surface area contributed by atoms with Gasteiger partial charge in [0.1, 0.15) is 22.3 Å². The summed E-state index contributed by atoms with van der Waals surface area (Å²) in [5, 5.41) is 13.1. The minimum atomic E-state index is -1.27. The Morgan fingerprint density at radius 1 is 1.23 bits per heavy atom. The molecule has 2 aromatic rings. The van der Waals surface area contributed by atoms with Gasteiger partial charge in [-0.15, -0.1) is 0 Å². The number of rotatable bonds is 7. The van der Waals surface area contributed by atoms with Gasteiger partial charge in [0.05, 0.1) is 0 Å². The molecular formula is C15H13N3O6P2. The zero-order valence-corrected chi connectivity index (χ0v) is 15.1. The Morgan fingerprint density at radius 3 is 2.38 bits per heavy atom. The number of benzene rings is 1. The van der Waals surface area contributed by atoms with E-state index >= 15 is 0 Å². The lowest BCUT2D eigenvalue weighted by molar-refractivity contribution is -0.126. The molecule has 1 fully saturated rings. The van der Waals surface area contributed by atoms with E-state index in [0.29, 0.717) is 16.4 Å². The molecule has 1 aliphatic heterocycles. The lowest BCUT2D eigenvalue weighted by Crippen LogP contribution is -2.40. The van der Waals surface area contributed by atoms with E-state index < -0.39 is 28.8 Å². The normalized spacial score (nSPS) is 20.2. The molecule has 2 aromatic heterocycles. The molecule has 3 rings (SSSR count). The highest BCUT2D eigenvalue weighted by Gasteiger charge is 2.48. The third kappa shape index (κ3) is 2.66. The molecule has 3 N–H and O–H groups in total. The van der Waals surface area contributed by atoms with Crippen molar-refractivity contribution in [2.24, 2.45) is 0 Å². The van der Waals surface area contributed by atoms with E-state index in [1.807, 2.05) is 0 Å². The van der Waals surface area contributed by atoms with E-state index in [4.69, 9.17) is 4.42 Å². The van der Waals surface area contributed by atoms with Gasteiger partial charge in [-0.05, 0) is 12.1 Å². The van der Waals surface area contributed by atoms with Crippen LogP contribution in [0.3, 0.4) is 0 Å². The monoisotopic (exact) mass is 393 g/mol. The number of nitrogens with zero attached hydrogens (tertiary/aromatic N) is 1. The van der Waals surface area contributed by atoms with Crippen LogP contribution >= 0.6 is 16.4 Å². The Labute approximate surface area is 150 Å². The Hall–Kier alpha value is -2.76. The molecule has 2 bridgehead atoms. The number of carboxylic acid groups (broad SMARTS) is 1. The predicted molar refractivity (Wildman–Crippen MR) is 97.8 cm³/mol. The summed E-state index contributed by atoms with van der Waals surface area (Å²) < 4.78 is 5.21. The zero-order valence-electron chi connectivity index (χ0n) is 13.3. The summed E-state index contributed by atoms with van der Waals surface area (Å²) in [6.07, 6.45) is 7.29. The second kappa shape index (κ2) is 6.52. The third-order valence-corrected chi connectivity index (χ3v) is 6.31. The van der Waals surface area contributed by atoms with E-state index in [1.54, 1.807) is 0 Å². The summed E-state index contributed by atoms with van der Waals surface area (Å²) >= 11 is 0. The molecule has 3 heterocycles. The van der Waals surface area contributed by atoms with Gasteiger partial charge < -0.3 is 20.2 Å². The molecule has 0 aliphatic carbocycles. The number of carboxylic acids is 1. The number of nitrogens with one attached hydrogen (secondary N) is 2. The van der Waals surface area contributed by atoms with Crippen molar-refractivity contribution in [3.05, 3.63) is 23.3 Å². The van der Waals surface area contributed by atoms with Crippen LogP contribution in [-0.4, -0.2) is 64.5 Å². The molecule has 1 saturated heterocycles. The standard InChI is InChI=1S/C15H13N3O6P2/c1-25-15(26-2)13(22)18(14(23)17-15)6-5-16-11(19)9-7-3-4-8(24-7)10(9)12(20)21/h3-4H,1-2,5-6H2,(H,16,19)(H,17,23)(H,20,21). The average Bonchev–Trinajstić information content (AvgIpc) is 3.29. The third-order valence-electron chi connectivity index (χ3n) is 3.94. The average molecular weight is 393 g/mol. The van der Waals surface area contributed by atoms with Gasteiger partial charge >= 0.3 is 12.0 Å². The summed E-state index contributed by atoms with van der Waals surface area (Å²) in [5.74, 6) is -2.39. The fraction of sp³-hybridized carbons (Fsp3) is 0.200. The first-order chi connectivity index (χ1) is 12.3. The molecule has 26 heavy (non-hydrogen) atoms. The van der Waals surface area contributed by atoms with Crippen molar-refractivity contribution in [2.75, 3.05) is 13.1 Å². The quantitative estimate of drug-likeness (QED) is 0.480. The SMILES string of the molecule is C=PC1(P=C)NC(=O)N(CCNC(=O)c2c(C(=O)O)c3ccc2o3)C1=O. The number of hydrogen-bond donors (Lipinski definition) is 3. The summed E-state index contributed by atoms with van der Waals surface area (Å²) in [4.78, 5) is 49.0. The Morgan fingerprint density at radius 2 is 1.85 bits per heavy atom. The van der Waals surface area contributed by atoms with Gasteiger partial charge in [-0.3, -0.25) is 14.5 Å². The van der Waals surface area contributed by atoms with Crippen LogP contribution in [0.15, 0.2) is 16.5 Å². The second-order valence-electron chi connectivity index (χ2n) is 5.35. The first-order valence-corrected chi connectivity index (χ1v) is 9.47. The van der Waals surface area contributed by atoms with E-state index in [0.717, 1.165) is 4.90 Å². The van der Waals surface area contributed by atoms with E-state index in [-0.39, 0.29) is 35.4 Å². The van der Waals surface area contributed by atoms with Crippen LogP contribution in [0.2, 0.25) is 0 Å². The molecule has 4 amide bonds. The van der Waals surface area contributed by atoms with Crippen molar-refractivity contribution in [3.63, 3.8) is 0 Å². The Bertz CT molecular complexity index is 944. The highest BCUT2D eigenvalue weighted by atomic mass is 31.1. The number of carbonyl (C=O) groups excluding carboxylic acids is 3. The minimum absolute atomic E-state index is 0.0428. The summed E-state index contributed by atoms with van der Waals surface area (Å²) in [7, 11) is 0.824. The van der Waals surface area contributed by atoms with Gasteiger partial charge in [0.15, 0.2) is 0 Å². The largest absolute Gasteiger partial charge is 0.478 e. The van der Waals surface area contributed by atoms with Gasteiger partial charge in [-0.25, -0.2) is 9.59 Å². The van der Waals surface area contributed by atoms with Crippen LogP contribution in [-0.2, 0) is 4.79 Å². The van der Waals surface area contributed by atoms with E-state index in [9.17, 15) is 24.3 Å². The zero-order chi connectivity index (χ0) is 19.1. The summed E-state index contributed by atoms with van der Waals surface area (Å²) in [5.41, 5.74) is -0.00844. The van der Waals surface area contributed by atoms with Crippen molar-refractivity contribution in [1.82, 2.24) is 15.5 Å². The summed E-state index contributed by atoms with van der Waals surface area (Å²) in [6, 6.07) is 2.39. The number of aromatic carboxylic acids is 1. The number of hydrogen-bond acceptors (Lipinski definition) is 5. The number of furan rings is 2. The van der Waals surface area contributed by atoms with Crippen molar-refractivity contribution in [1.29, 1.82) is 0 Å². The predicted octanol–water partition coefficient (Wildman–Crippen LogP) is 1.26. The highest BCUT2D eigenvalue weighted by molar-refractivity contribution is 7.59. The minimum Gasteiger partial charge on any atom is -0.478 e. The molecule has 0 radical (unpaired) electrons. The number of urea groups is 1. The van der Waals surface area contributed by atoms with Gasteiger partial charge in [0.2, 0.25) is 5.02 Å².